The topological polar surface area (TPSA) is 3.24 Å². The van der Waals surface area contributed by atoms with Gasteiger partial charge in [0, 0.05) is 12.0 Å². The minimum absolute atomic E-state index is 0.226. The molecule has 0 radical (unpaired) electrons. The minimum Gasteiger partial charge on any atom is -0.303 e. The van der Waals surface area contributed by atoms with Crippen molar-refractivity contribution in [2.24, 2.45) is 0 Å². The van der Waals surface area contributed by atoms with Gasteiger partial charge in [0.25, 0.3) is 0 Å². The molecule has 0 spiro atoms. The van der Waals surface area contributed by atoms with Crippen molar-refractivity contribution in [2.45, 2.75) is 25.7 Å². The molecule has 1 atom stereocenters. The Balaban J connectivity index is 2.27. The van der Waals surface area contributed by atoms with Crippen molar-refractivity contribution in [3.05, 3.63) is 33.8 Å². The van der Waals surface area contributed by atoms with Crippen LogP contribution >= 0.6 is 23.2 Å². The smallest absolute Gasteiger partial charge is 0.0595 e. The van der Waals surface area contributed by atoms with Crippen LogP contribution in [-0.2, 0) is 5.41 Å². The van der Waals surface area contributed by atoms with Crippen LogP contribution in [0, 0.1) is 0 Å². The van der Waals surface area contributed by atoms with Gasteiger partial charge in [-0.2, -0.15) is 0 Å². The van der Waals surface area contributed by atoms with Gasteiger partial charge in [-0.15, -0.1) is 0 Å². The lowest BCUT2D eigenvalue weighted by molar-refractivity contribution is 0.333. The molecule has 88 valence electrons. The van der Waals surface area contributed by atoms with Crippen molar-refractivity contribution >= 4 is 23.2 Å². The monoisotopic (exact) mass is 257 g/mol. The second kappa shape index (κ2) is 4.56. The molecule has 16 heavy (non-hydrogen) atoms. The molecule has 0 N–H and O–H groups in total. The number of hydrogen-bond donors (Lipinski definition) is 0. The molecule has 0 aromatic heterocycles. The normalized spacial score (nSPS) is 26.2. The van der Waals surface area contributed by atoms with Crippen LogP contribution in [-0.4, -0.2) is 24.5 Å². The van der Waals surface area contributed by atoms with Crippen molar-refractivity contribution < 1.29 is 0 Å². The summed E-state index contributed by atoms with van der Waals surface area (Å²) in [6.07, 6.45) is 1.19. The third-order valence-electron chi connectivity index (χ3n) is 3.62. The number of likely N-dealkylation sites (N-methyl/N-ethyl adjacent to an activating group) is 1. The maximum absolute atomic E-state index is 6.08. The van der Waals surface area contributed by atoms with E-state index in [2.05, 4.69) is 24.8 Å². The highest BCUT2D eigenvalue weighted by Gasteiger charge is 2.34. The van der Waals surface area contributed by atoms with Crippen LogP contribution in [0.15, 0.2) is 18.2 Å². The van der Waals surface area contributed by atoms with Crippen molar-refractivity contribution in [1.29, 1.82) is 0 Å². The summed E-state index contributed by atoms with van der Waals surface area (Å²) in [4.78, 5) is 2.47. The first-order valence-corrected chi connectivity index (χ1v) is 6.48. The molecule has 2 rings (SSSR count). The van der Waals surface area contributed by atoms with Gasteiger partial charge in [0.05, 0.1) is 10.0 Å². The Bertz CT molecular complexity index is 392. The maximum Gasteiger partial charge on any atom is 0.0595 e. The fourth-order valence-electron chi connectivity index (χ4n) is 2.43. The van der Waals surface area contributed by atoms with E-state index in [9.17, 15) is 0 Å². The van der Waals surface area contributed by atoms with E-state index in [1.807, 2.05) is 12.1 Å². The average Bonchev–Trinajstić information content (AvgIpc) is 2.66. The first-order valence-electron chi connectivity index (χ1n) is 5.73. The van der Waals surface area contributed by atoms with E-state index in [1.165, 1.54) is 18.5 Å². The Labute approximate surface area is 107 Å². The van der Waals surface area contributed by atoms with E-state index in [4.69, 9.17) is 23.2 Å². The standard InChI is InChI=1S/C13H17Cl2N/c1-3-16-7-6-13(2,9-16)10-4-5-11(14)12(15)8-10/h4-5,8H,3,6-7,9H2,1-2H3/t13-/m1/s1. The van der Waals surface area contributed by atoms with Crippen molar-refractivity contribution in [1.82, 2.24) is 4.90 Å². The third-order valence-corrected chi connectivity index (χ3v) is 4.36. The summed E-state index contributed by atoms with van der Waals surface area (Å²) >= 11 is 12.0. The quantitative estimate of drug-likeness (QED) is 0.775. The highest BCUT2D eigenvalue weighted by molar-refractivity contribution is 6.42. The molecule has 1 aromatic rings. The largest absolute Gasteiger partial charge is 0.303 e. The predicted molar refractivity (Wildman–Crippen MR) is 70.5 cm³/mol. The fraction of sp³-hybridized carbons (Fsp3) is 0.538. The molecule has 1 saturated heterocycles. The summed E-state index contributed by atoms with van der Waals surface area (Å²) in [5.41, 5.74) is 1.53. The summed E-state index contributed by atoms with van der Waals surface area (Å²) in [6.45, 7) is 7.93. The van der Waals surface area contributed by atoms with Crippen LogP contribution < -0.4 is 0 Å². The summed E-state index contributed by atoms with van der Waals surface area (Å²) in [5.74, 6) is 0. The Morgan fingerprint density at radius 2 is 2.06 bits per heavy atom. The fourth-order valence-corrected chi connectivity index (χ4v) is 2.73. The van der Waals surface area contributed by atoms with Gasteiger partial charge in [-0.1, -0.05) is 43.1 Å². The zero-order valence-corrected chi connectivity index (χ0v) is 11.3. The number of rotatable bonds is 2. The number of likely N-dealkylation sites (tertiary alicyclic amines) is 1. The van der Waals surface area contributed by atoms with E-state index in [1.54, 1.807) is 0 Å². The van der Waals surface area contributed by atoms with Crippen molar-refractivity contribution in [3.8, 4) is 0 Å². The van der Waals surface area contributed by atoms with Gasteiger partial charge in [-0.05, 0) is 37.2 Å². The second-order valence-corrected chi connectivity index (χ2v) is 5.62. The Kier molecular flexibility index (Phi) is 3.48. The Morgan fingerprint density at radius 1 is 1.31 bits per heavy atom. The summed E-state index contributed by atoms with van der Waals surface area (Å²) in [5, 5.41) is 1.30. The molecule has 0 saturated carbocycles. The van der Waals surface area contributed by atoms with E-state index >= 15 is 0 Å². The van der Waals surface area contributed by atoms with Crippen LogP contribution in [0.25, 0.3) is 0 Å². The number of benzene rings is 1. The molecule has 1 fully saturated rings. The first-order chi connectivity index (χ1) is 7.55. The summed E-state index contributed by atoms with van der Waals surface area (Å²) in [7, 11) is 0. The molecular formula is C13H17Cl2N. The van der Waals surface area contributed by atoms with Gasteiger partial charge >= 0.3 is 0 Å². The summed E-state index contributed by atoms with van der Waals surface area (Å²) in [6, 6.07) is 6.02. The molecule has 3 heteroatoms. The first kappa shape index (κ1) is 12.2. The molecule has 1 nitrogen and oxygen atoms in total. The Morgan fingerprint density at radius 3 is 2.62 bits per heavy atom. The number of nitrogens with zero attached hydrogens (tertiary/aromatic N) is 1. The van der Waals surface area contributed by atoms with Crippen LogP contribution in [0.1, 0.15) is 25.8 Å². The molecular weight excluding hydrogens is 241 g/mol. The van der Waals surface area contributed by atoms with E-state index < -0.39 is 0 Å². The lowest BCUT2D eigenvalue weighted by atomic mass is 9.82. The van der Waals surface area contributed by atoms with Gasteiger partial charge in [0.15, 0.2) is 0 Å². The van der Waals surface area contributed by atoms with Crippen LogP contribution in [0.4, 0.5) is 0 Å². The lowest BCUT2D eigenvalue weighted by Gasteiger charge is -2.25. The molecule has 1 aliphatic heterocycles. The highest BCUT2D eigenvalue weighted by Crippen LogP contribution is 2.36. The average molecular weight is 258 g/mol. The van der Waals surface area contributed by atoms with Gasteiger partial charge in [-0.25, -0.2) is 0 Å². The molecule has 1 heterocycles. The van der Waals surface area contributed by atoms with Crippen LogP contribution in [0.5, 0.6) is 0 Å². The molecule has 0 aliphatic carbocycles. The van der Waals surface area contributed by atoms with Gasteiger partial charge in [0.2, 0.25) is 0 Å². The maximum atomic E-state index is 6.08. The van der Waals surface area contributed by atoms with E-state index in [0.29, 0.717) is 10.0 Å². The number of halogens is 2. The van der Waals surface area contributed by atoms with E-state index in [0.717, 1.165) is 13.1 Å². The second-order valence-electron chi connectivity index (χ2n) is 4.81. The van der Waals surface area contributed by atoms with Crippen LogP contribution in [0.3, 0.4) is 0 Å². The molecule has 1 aromatic carbocycles. The van der Waals surface area contributed by atoms with Crippen molar-refractivity contribution in [2.75, 3.05) is 19.6 Å². The van der Waals surface area contributed by atoms with Gasteiger partial charge in [0.1, 0.15) is 0 Å². The number of hydrogen-bond acceptors (Lipinski definition) is 1. The molecule has 0 unspecified atom stereocenters. The summed E-state index contributed by atoms with van der Waals surface area (Å²) < 4.78 is 0. The molecule has 0 amide bonds. The molecule has 1 aliphatic rings. The zero-order valence-electron chi connectivity index (χ0n) is 9.76. The third kappa shape index (κ3) is 2.22. The Hall–Kier alpha value is -0.240. The van der Waals surface area contributed by atoms with Crippen molar-refractivity contribution in [3.63, 3.8) is 0 Å². The lowest BCUT2D eigenvalue weighted by Crippen LogP contribution is -2.28. The van der Waals surface area contributed by atoms with E-state index in [-0.39, 0.29) is 5.41 Å². The molecule has 0 bridgehead atoms. The SMILES string of the molecule is CCN1CC[C@@](C)(c2ccc(Cl)c(Cl)c2)C1. The minimum atomic E-state index is 0.226. The van der Waals surface area contributed by atoms with Gasteiger partial charge < -0.3 is 4.90 Å². The van der Waals surface area contributed by atoms with Gasteiger partial charge in [-0.3, -0.25) is 0 Å². The predicted octanol–water partition coefficient (Wildman–Crippen LogP) is 3.98. The highest BCUT2D eigenvalue weighted by atomic mass is 35.5. The van der Waals surface area contributed by atoms with Crippen LogP contribution in [0.2, 0.25) is 10.0 Å². The zero-order chi connectivity index (χ0) is 11.8.